The first kappa shape index (κ1) is 17.1. The maximum absolute atomic E-state index is 12.1. The zero-order valence-electron chi connectivity index (χ0n) is 13.8. The van der Waals surface area contributed by atoms with E-state index in [1.165, 1.54) is 48.7 Å². The third-order valence-electron chi connectivity index (χ3n) is 3.81. The lowest BCUT2D eigenvalue weighted by atomic mass is 10.1. The summed E-state index contributed by atoms with van der Waals surface area (Å²) >= 11 is 0. The predicted octanol–water partition coefficient (Wildman–Crippen LogP) is 1.89. The fourth-order valence-corrected chi connectivity index (χ4v) is 2.35. The zero-order chi connectivity index (χ0) is 18.7. The van der Waals surface area contributed by atoms with Gasteiger partial charge in [0.15, 0.2) is 0 Å². The van der Waals surface area contributed by atoms with Crippen LogP contribution >= 0.6 is 0 Å². The van der Waals surface area contributed by atoms with Crippen LogP contribution in [0.5, 0.6) is 5.75 Å². The van der Waals surface area contributed by atoms with Gasteiger partial charge in [0.05, 0.1) is 11.9 Å². The molecule has 7 nitrogen and oxygen atoms in total. The maximum Gasteiger partial charge on any atom is 0.271 e. The van der Waals surface area contributed by atoms with E-state index in [9.17, 15) is 19.5 Å². The number of carbonyl (C=O) groups is 3. The molecule has 0 radical (unpaired) electrons. The van der Waals surface area contributed by atoms with E-state index in [4.69, 9.17) is 0 Å². The molecule has 130 valence electrons. The number of benzene rings is 2. The summed E-state index contributed by atoms with van der Waals surface area (Å²) in [6, 6.07) is 11.1. The van der Waals surface area contributed by atoms with Gasteiger partial charge in [0, 0.05) is 17.7 Å². The van der Waals surface area contributed by atoms with Gasteiger partial charge in [-0.25, -0.2) is 10.3 Å². The lowest BCUT2D eigenvalue weighted by Gasteiger charge is -2.13. The van der Waals surface area contributed by atoms with Crippen LogP contribution in [0.25, 0.3) is 0 Å². The van der Waals surface area contributed by atoms with Crippen molar-refractivity contribution in [2.75, 3.05) is 4.90 Å². The molecule has 0 aromatic heterocycles. The summed E-state index contributed by atoms with van der Waals surface area (Å²) < 4.78 is 0. The van der Waals surface area contributed by atoms with Gasteiger partial charge < -0.3 is 5.11 Å². The van der Waals surface area contributed by atoms with Crippen molar-refractivity contribution in [3.8, 4) is 5.75 Å². The predicted molar refractivity (Wildman–Crippen MR) is 96.0 cm³/mol. The van der Waals surface area contributed by atoms with E-state index >= 15 is 0 Å². The first-order valence-electron chi connectivity index (χ1n) is 7.75. The molecule has 0 saturated carbocycles. The summed E-state index contributed by atoms with van der Waals surface area (Å²) in [4.78, 5) is 36.4. The minimum Gasteiger partial charge on any atom is -0.508 e. The Kier molecular flexibility index (Phi) is 4.62. The van der Waals surface area contributed by atoms with Crippen molar-refractivity contribution in [1.29, 1.82) is 0 Å². The van der Waals surface area contributed by atoms with E-state index in [0.29, 0.717) is 16.8 Å². The number of hydrazone groups is 1. The molecule has 0 atom stereocenters. The molecule has 0 saturated heterocycles. The molecule has 0 aliphatic carbocycles. The second-order valence-electron chi connectivity index (χ2n) is 5.64. The molecule has 7 heteroatoms. The van der Waals surface area contributed by atoms with Gasteiger partial charge in [-0.2, -0.15) is 5.10 Å². The van der Waals surface area contributed by atoms with Crippen molar-refractivity contribution in [1.82, 2.24) is 5.43 Å². The largest absolute Gasteiger partial charge is 0.508 e. The van der Waals surface area contributed by atoms with Gasteiger partial charge in [-0.1, -0.05) is 12.1 Å². The summed E-state index contributed by atoms with van der Waals surface area (Å²) in [6.45, 7) is 1.78. The molecule has 0 spiro atoms. The summed E-state index contributed by atoms with van der Waals surface area (Å²) in [7, 11) is 0. The van der Waals surface area contributed by atoms with Crippen LogP contribution in [0.3, 0.4) is 0 Å². The molecule has 2 aromatic rings. The smallest absolute Gasteiger partial charge is 0.271 e. The van der Waals surface area contributed by atoms with Gasteiger partial charge in [0.1, 0.15) is 5.75 Å². The highest BCUT2D eigenvalue weighted by Gasteiger charge is 2.25. The van der Waals surface area contributed by atoms with Crippen LogP contribution in [0.2, 0.25) is 0 Å². The molecule has 2 aromatic carbocycles. The van der Waals surface area contributed by atoms with Gasteiger partial charge in [0.2, 0.25) is 0 Å². The Morgan fingerprint density at radius 3 is 2.35 bits per heavy atom. The quantitative estimate of drug-likeness (QED) is 0.500. The Hall–Kier alpha value is -3.74. The number of aromatic hydroxyl groups is 1. The van der Waals surface area contributed by atoms with Gasteiger partial charge in [0.25, 0.3) is 17.7 Å². The number of rotatable bonds is 4. The van der Waals surface area contributed by atoms with E-state index < -0.39 is 17.7 Å². The monoisotopic (exact) mass is 349 g/mol. The molecule has 0 unspecified atom stereocenters. The number of hydrogen-bond acceptors (Lipinski definition) is 5. The lowest BCUT2D eigenvalue weighted by molar-refractivity contribution is -0.119. The van der Waals surface area contributed by atoms with Gasteiger partial charge in [-0.15, -0.1) is 0 Å². The fourth-order valence-electron chi connectivity index (χ4n) is 2.35. The third-order valence-corrected chi connectivity index (χ3v) is 3.81. The topological polar surface area (TPSA) is 99.1 Å². The normalized spacial score (nSPS) is 13.7. The minimum atomic E-state index is -0.443. The molecule has 1 heterocycles. The highest BCUT2D eigenvalue weighted by Crippen LogP contribution is 2.19. The Morgan fingerprint density at radius 1 is 1.08 bits per heavy atom. The molecule has 1 aliphatic rings. The number of amides is 3. The Bertz CT molecular complexity index is 928. The zero-order valence-corrected chi connectivity index (χ0v) is 13.8. The van der Waals surface area contributed by atoms with Gasteiger partial charge in [-0.05, 0) is 48.4 Å². The Labute approximate surface area is 149 Å². The lowest BCUT2D eigenvalue weighted by Crippen LogP contribution is -2.29. The number of imide groups is 1. The molecule has 0 bridgehead atoms. The molecule has 1 aliphatic heterocycles. The number of anilines is 1. The number of phenols is 1. The third kappa shape index (κ3) is 3.51. The van der Waals surface area contributed by atoms with E-state index in [1.54, 1.807) is 19.1 Å². The van der Waals surface area contributed by atoms with Gasteiger partial charge in [-0.3, -0.25) is 14.4 Å². The average molecular weight is 349 g/mol. The number of carbonyl (C=O) groups excluding carboxylic acids is 3. The van der Waals surface area contributed by atoms with E-state index in [2.05, 4.69) is 10.5 Å². The highest BCUT2D eigenvalue weighted by atomic mass is 16.3. The van der Waals surface area contributed by atoms with Crippen LogP contribution in [0.4, 0.5) is 5.69 Å². The van der Waals surface area contributed by atoms with Crippen molar-refractivity contribution in [2.24, 2.45) is 5.10 Å². The standard InChI is InChI=1S/C19H15N3O4/c1-12-2-3-13(10-16(12)23)11-20-21-19(26)14-4-6-15(7-5-14)22-17(24)8-9-18(22)25/h2-11,23H,1H3,(H,21,26)/b20-11+. The summed E-state index contributed by atoms with van der Waals surface area (Å²) in [5.74, 6) is -1.13. The number of hydrogen-bond donors (Lipinski definition) is 2. The van der Waals surface area contributed by atoms with Crippen LogP contribution in [-0.2, 0) is 9.59 Å². The fraction of sp³-hybridized carbons (Fsp3) is 0.0526. The van der Waals surface area contributed by atoms with Crippen LogP contribution in [0.1, 0.15) is 21.5 Å². The van der Waals surface area contributed by atoms with Gasteiger partial charge >= 0.3 is 0 Å². The van der Waals surface area contributed by atoms with E-state index in [1.807, 2.05) is 0 Å². The average Bonchev–Trinajstić information content (AvgIpc) is 2.96. The second kappa shape index (κ2) is 7.02. The van der Waals surface area contributed by atoms with E-state index in [-0.39, 0.29) is 5.75 Å². The molecule has 2 N–H and O–H groups in total. The van der Waals surface area contributed by atoms with Crippen molar-refractivity contribution >= 4 is 29.6 Å². The Balaban J connectivity index is 1.65. The highest BCUT2D eigenvalue weighted by molar-refractivity contribution is 6.28. The SMILES string of the molecule is Cc1ccc(/C=N/NC(=O)c2ccc(N3C(=O)C=CC3=O)cc2)cc1O. The summed E-state index contributed by atoms with van der Waals surface area (Å²) in [6.07, 6.45) is 3.81. The van der Waals surface area contributed by atoms with Crippen molar-refractivity contribution in [2.45, 2.75) is 6.92 Å². The maximum atomic E-state index is 12.1. The first-order valence-corrected chi connectivity index (χ1v) is 7.75. The minimum absolute atomic E-state index is 0.149. The Morgan fingerprint density at radius 2 is 1.73 bits per heavy atom. The van der Waals surface area contributed by atoms with E-state index in [0.717, 1.165) is 10.5 Å². The molecule has 26 heavy (non-hydrogen) atoms. The molecular weight excluding hydrogens is 334 g/mol. The molecular formula is C19H15N3O4. The first-order chi connectivity index (χ1) is 12.5. The molecule has 3 amide bonds. The summed E-state index contributed by atoms with van der Waals surface area (Å²) in [5, 5.41) is 13.5. The summed E-state index contributed by atoms with van der Waals surface area (Å²) in [5.41, 5.74) is 4.48. The molecule has 3 rings (SSSR count). The second-order valence-corrected chi connectivity index (χ2v) is 5.64. The number of nitrogens with one attached hydrogen (secondary N) is 1. The van der Waals surface area contributed by atoms with Crippen LogP contribution in [0, 0.1) is 6.92 Å². The van der Waals surface area contributed by atoms with Crippen LogP contribution < -0.4 is 10.3 Å². The van der Waals surface area contributed by atoms with Crippen molar-refractivity contribution < 1.29 is 19.5 Å². The molecule has 0 fully saturated rings. The number of aryl methyl sites for hydroxylation is 1. The van der Waals surface area contributed by atoms with Crippen LogP contribution in [0.15, 0.2) is 59.7 Å². The van der Waals surface area contributed by atoms with Crippen molar-refractivity contribution in [3.05, 3.63) is 71.3 Å². The van der Waals surface area contributed by atoms with Crippen molar-refractivity contribution in [3.63, 3.8) is 0 Å². The number of nitrogens with zero attached hydrogens (tertiary/aromatic N) is 2. The van der Waals surface area contributed by atoms with Crippen LogP contribution in [-0.4, -0.2) is 29.0 Å². The number of phenolic OH excluding ortho intramolecular Hbond substituents is 1.